The summed E-state index contributed by atoms with van der Waals surface area (Å²) in [6.45, 7) is 5.24. The van der Waals surface area contributed by atoms with Gasteiger partial charge in [0.15, 0.2) is 0 Å². The number of likely N-dealkylation sites (tertiary alicyclic amines) is 1. The zero-order valence-electron chi connectivity index (χ0n) is 11.4. The van der Waals surface area contributed by atoms with E-state index in [9.17, 15) is 9.59 Å². The first kappa shape index (κ1) is 16.2. The van der Waals surface area contributed by atoms with Crippen LogP contribution in [0.3, 0.4) is 0 Å². The number of rotatable bonds is 3. The maximum Gasteiger partial charge on any atom is 0.310 e. The largest absolute Gasteiger partial charge is 0.466 e. The van der Waals surface area contributed by atoms with Crippen LogP contribution >= 0.6 is 12.4 Å². The Bertz CT molecular complexity index is 319. The van der Waals surface area contributed by atoms with E-state index in [-0.39, 0.29) is 36.1 Å². The van der Waals surface area contributed by atoms with Gasteiger partial charge in [0.25, 0.3) is 0 Å². The number of carbonyl (C=O) groups excluding carboxylic acids is 2. The lowest BCUT2D eigenvalue weighted by molar-refractivity contribution is -0.151. The molecular formula is C13H23ClN2O3. The van der Waals surface area contributed by atoms with Crippen LogP contribution in [0.25, 0.3) is 0 Å². The first-order valence-electron chi connectivity index (χ1n) is 6.88. The molecule has 2 aliphatic rings. The van der Waals surface area contributed by atoms with Gasteiger partial charge in [-0.05, 0) is 32.7 Å². The molecule has 19 heavy (non-hydrogen) atoms. The van der Waals surface area contributed by atoms with Crippen molar-refractivity contribution in [1.29, 1.82) is 0 Å². The lowest BCUT2D eigenvalue weighted by atomic mass is 9.96. The van der Waals surface area contributed by atoms with Crippen LogP contribution in [0.1, 0.15) is 26.2 Å². The van der Waals surface area contributed by atoms with Crippen molar-refractivity contribution in [2.24, 2.45) is 11.8 Å². The van der Waals surface area contributed by atoms with Crippen LogP contribution in [0.2, 0.25) is 0 Å². The van der Waals surface area contributed by atoms with Crippen LogP contribution < -0.4 is 5.32 Å². The minimum absolute atomic E-state index is 0. The maximum absolute atomic E-state index is 12.3. The van der Waals surface area contributed by atoms with E-state index in [1.807, 2.05) is 11.8 Å². The molecule has 2 fully saturated rings. The van der Waals surface area contributed by atoms with Gasteiger partial charge in [0.2, 0.25) is 5.91 Å². The Morgan fingerprint density at radius 2 is 2.11 bits per heavy atom. The lowest BCUT2D eigenvalue weighted by Crippen LogP contribution is -2.45. The fourth-order valence-corrected chi connectivity index (χ4v) is 2.75. The van der Waals surface area contributed by atoms with Crippen LogP contribution in [-0.4, -0.2) is 49.6 Å². The van der Waals surface area contributed by atoms with Gasteiger partial charge in [-0.3, -0.25) is 9.59 Å². The van der Waals surface area contributed by atoms with Gasteiger partial charge in [-0.2, -0.15) is 0 Å². The molecule has 6 heteroatoms. The molecule has 1 amide bonds. The molecule has 0 bridgehead atoms. The third-order valence-corrected chi connectivity index (χ3v) is 3.76. The van der Waals surface area contributed by atoms with Crippen molar-refractivity contribution in [3.05, 3.63) is 0 Å². The smallest absolute Gasteiger partial charge is 0.310 e. The molecule has 5 nitrogen and oxygen atoms in total. The van der Waals surface area contributed by atoms with Crippen molar-refractivity contribution in [3.8, 4) is 0 Å². The highest BCUT2D eigenvalue weighted by Crippen LogP contribution is 2.21. The second-order valence-electron chi connectivity index (χ2n) is 5.07. The SMILES string of the molecule is CCOC(=O)C1CCCN(C(=O)C2CCNC2)C1.Cl. The Hall–Kier alpha value is -0.810. The number of piperidine rings is 1. The lowest BCUT2D eigenvalue weighted by Gasteiger charge is -2.33. The average Bonchev–Trinajstić information content (AvgIpc) is 2.92. The van der Waals surface area contributed by atoms with E-state index in [0.717, 1.165) is 38.9 Å². The van der Waals surface area contributed by atoms with Crippen LogP contribution in [0.5, 0.6) is 0 Å². The van der Waals surface area contributed by atoms with Gasteiger partial charge in [0.05, 0.1) is 18.4 Å². The number of nitrogens with one attached hydrogen (secondary N) is 1. The number of nitrogens with zero attached hydrogens (tertiary/aromatic N) is 1. The zero-order valence-corrected chi connectivity index (χ0v) is 12.2. The second kappa shape index (κ2) is 7.70. The molecule has 0 saturated carbocycles. The van der Waals surface area contributed by atoms with Gasteiger partial charge in [-0.1, -0.05) is 0 Å². The molecule has 2 atom stereocenters. The van der Waals surface area contributed by atoms with Gasteiger partial charge in [0.1, 0.15) is 0 Å². The number of amides is 1. The molecule has 0 spiro atoms. The Morgan fingerprint density at radius 3 is 2.74 bits per heavy atom. The van der Waals surface area contributed by atoms with E-state index in [1.54, 1.807) is 0 Å². The number of carbonyl (C=O) groups is 2. The van der Waals surface area contributed by atoms with E-state index in [4.69, 9.17) is 4.74 Å². The van der Waals surface area contributed by atoms with E-state index >= 15 is 0 Å². The Kier molecular flexibility index (Phi) is 6.58. The van der Waals surface area contributed by atoms with Gasteiger partial charge < -0.3 is 15.0 Å². The highest BCUT2D eigenvalue weighted by atomic mass is 35.5. The van der Waals surface area contributed by atoms with E-state index in [0.29, 0.717) is 13.2 Å². The van der Waals surface area contributed by atoms with Gasteiger partial charge in [0, 0.05) is 19.6 Å². The molecule has 2 saturated heterocycles. The third kappa shape index (κ3) is 4.08. The quantitative estimate of drug-likeness (QED) is 0.782. The van der Waals surface area contributed by atoms with Gasteiger partial charge >= 0.3 is 5.97 Å². The summed E-state index contributed by atoms with van der Waals surface area (Å²) >= 11 is 0. The number of hydrogen-bond acceptors (Lipinski definition) is 4. The van der Waals surface area contributed by atoms with E-state index < -0.39 is 0 Å². The summed E-state index contributed by atoms with van der Waals surface area (Å²) in [4.78, 5) is 25.8. The predicted molar refractivity (Wildman–Crippen MR) is 74.2 cm³/mol. The normalized spacial score (nSPS) is 26.7. The topological polar surface area (TPSA) is 58.6 Å². The molecule has 2 heterocycles. The molecule has 1 N–H and O–H groups in total. The molecule has 0 radical (unpaired) electrons. The van der Waals surface area contributed by atoms with Crippen molar-refractivity contribution < 1.29 is 14.3 Å². The summed E-state index contributed by atoms with van der Waals surface area (Å²) in [5.74, 6) is 0.0245. The minimum Gasteiger partial charge on any atom is -0.466 e. The first-order chi connectivity index (χ1) is 8.72. The Labute approximate surface area is 120 Å². The summed E-state index contributed by atoms with van der Waals surface area (Å²) in [5.41, 5.74) is 0. The minimum atomic E-state index is -0.153. The number of ether oxygens (including phenoxy) is 1. The average molecular weight is 291 g/mol. The van der Waals surface area contributed by atoms with Crippen LogP contribution in [-0.2, 0) is 14.3 Å². The molecule has 0 aliphatic carbocycles. The van der Waals surface area contributed by atoms with E-state index in [1.165, 1.54) is 0 Å². The summed E-state index contributed by atoms with van der Waals surface area (Å²) in [5, 5.41) is 3.21. The molecular weight excluding hydrogens is 268 g/mol. The number of hydrogen-bond donors (Lipinski definition) is 1. The summed E-state index contributed by atoms with van der Waals surface area (Å²) in [6, 6.07) is 0. The Balaban J connectivity index is 0.00000180. The Morgan fingerprint density at radius 1 is 1.32 bits per heavy atom. The zero-order chi connectivity index (χ0) is 13.0. The molecule has 2 unspecified atom stereocenters. The summed E-state index contributed by atoms with van der Waals surface area (Å²) in [7, 11) is 0. The van der Waals surface area contributed by atoms with Crippen molar-refractivity contribution >= 4 is 24.3 Å². The second-order valence-corrected chi connectivity index (χ2v) is 5.07. The molecule has 2 aliphatic heterocycles. The maximum atomic E-state index is 12.3. The van der Waals surface area contributed by atoms with Crippen molar-refractivity contribution in [2.75, 3.05) is 32.8 Å². The third-order valence-electron chi connectivity index (χ3n) is 3.76. The van der Waals surface area contributed by atoms with Crippen LogP contribution in [0, 0.1) is 11.8 Å². The predicted octanol–water partition coefficient (Wildman–Crippen LogP) is 0.819. The number of esters is 1. The summed E-state index contributed by atoms with van der Waals surface area (Å²) in [6.07, 6.45) is 2.65. The monoisotopic (exact) mass is 290 g/mol. The van der Waals surface area contributed by atoms with Crippen molar-refractivity contribution in [2.45, 2.75) is 26.2 Å². The van der Waals surface area contributed by atoms with Gasteiger partial charge in [-0.25, -0.2) is 0 Å². The van der Waals surface area contributed by atoms with Gasteiger partial charge in [-0.15, -0.1) is 12.4 Å². The number of halogens is 1. The van der Waals surface area contributed by atoms with Crippen LogP contribution in [0.15, 0.2) is 0 Å². The van der Waals surface area contributed by atoms with Crippen molar-refractivity contribution in [1.82, 2.24) is 10.2 Å². The van der Waals surface area contributed by atoms with E-state index in [2.05, 4.69) is 5.32 Å². The highest BCUT2D eigenvalue weighted by Gasteiger charge is 2.33. The molecule has 0 aromatic carbocycles. The molecule has 0 aromatic heterocycles. The van der Waals surface area contributed by atoms with Crippen LogP contribution in [0.4, 0.5) is 0 Å². The fourth-order valence-electron chi connectivity index (χ4n) is 2.75. The first-order valence-corrected chi connectivity index (χ1v) is 6.88. The standard InChI is InChI=1S/C13H22N2O3.ClH/c1-2-18-13(17)11-4-3-7-15(9-11)12(16)10-5-6-14-8-10;/h10-11,14H,2-9H2,1H3;1H. The molecule has 2 rings (SSSR count). The summed E-state index contributed by atoms with van der Waals surface area (Å²) < 4.78 is 5.05. The molecule has 110 valence electrons. The highest BCUT2D eigenvalue weighted by molar-refractivity contribution is 5.85. The van der Waals surface area contributed by atoms with Crippen molar-refractivity contribution in [3.63, 3.8) is 0 Å². The molecule has 0 aromatic rings. The fraction of sp³-hybridized carbons (Fsp3) is 0.846.